The molecule has 1 aromatic rings. The number of fused-ring (bicyclic) bond motifs is 1. The number of hydrogen-bond donors (Lipinski definition) is 2. The van der Waals surface area contributed by atoms with Gasteiger partial charge in [-0.15, -0.1) is 0 Å². The number of nitrogens with zero attached hydrogens (tertiary/aromatic N) is 1. The predicted octanol–water partition coefficient (Wildman–Crippen LogP) is 0.0856. The Bertz CT molecular complexity index is 627. The number of benzene rings is 1. The summed E-state index contributed by atoms with van der Waals surface area (Å²) in [4.78, 5) is 35.9. The zero-order chi connectivity index (χ0) is 15.7. The van der Waals surface area contributed by atoms with Crippen molar-refractivity contribution in [3.63, 3.8) is 0 Å². The molecule has 0 bridgehead atoms. The lowest BCUT2D eigenvalue weighted by atomic mass is 9.96. The number of likely N-dealkylation sites (tertiary alicyclic amines) is 1. The number of aryl methyl sites for hydroxylation is 1. The summed E-state index contributed by atoms with van der Waals surface area (Å²) < 4.78 is 0. The van der Waals surface area contributed by atoms with Gasteiger partial charge in [0.2, 0.25) is 17.7 Å². The van der Waals surface area contributed by atoms with Crippen molar-refractivity contribution < 1.29 is 19.5 Å². The third-order valence-electron chi connectivity index (χ3n) is 4.36. The largest absolute Gasteiger partial charge is 0.383 e. The van der Waals surface area contributed by atoms with Crippen molar-refractivity contribution in [1.82, 2.24) is 10.2 Å². The maximum Gasteiger partial charge on any atom is 0.240 e. The van der Waals surface area contributed by atoms with Gasteiger partial charge in [-0.1, -0.05) is 24.3 Å². The van der Waals surface area contributed by atoms with Crippen LogP contribution in [0, 0.1) is 0 Å². The number of nitrogens with one attached hydrogen (secondary N) is 1. The number of carbonyl (C=O) groups excluding carboxylic acids is 3. The van der Waals surface area contributed by atoms with Crippen molar-refractivity contribution >= 4 is 17.7 Å². The zero-order valence-electron chi connectivity index (χ0n) is 12.2. The average Bonchev–Trinajstić information content (AvgIpc) is 3.01. The van der Waals surface area contributed by atoms with Crippen LogP contribution in [0.25, 0.3) is 0 Å². The van der Waals surface area contributed by atoms with Gasteiger partial charge in [-0.3, -0.25) is 19.3 Å². The quantitative estimate of drug-likeness (QED) is 0.772. The molecule has 22 heavy (non-hydrogen) atoms. The van der Waals surface area contributed by atoms with E-state index in [1.165, 1.54) is 0 Å². The molecule has 3 amide bonds. The first kappa shape index (κ1) is 14.7. The minimum Gasteiger partial charge on any atom is -0.383 e. The molecule has 0 aromatic heterocycles. The number of amides is 3. The maximum absolute atomic E-state index is 11.9. The monoisotopic (exact) mass is 302 g/mol. The van der Waals surface area contributed by atoms with Gasteiger partial charge in [0.25, 0.3) is 0 Å². The fraction of sp³-hybridized carbons (Fsp3) is 0.438. The number of hydrogen-bond acceptors (Lipinski definition) is 4. The van der Waals surface area contributed by atoms with Crippen LogP contribution in [0.1, 0.15) is 30.4 Å². The summed E-state index contributed by atoms with van der Waals surface area (Å²) in [5.41, 5.74) is 0.846. The van der Waals surface area contributed by atoms with Crippen LogP contribution in [0.15, 0.2) is 24.3 Å². The molecule has 1 saturated heterocycles. The number of imide groups is 1. The minimum absolute atomic E-state index is 0.0824. The van der Waals surface area contributed by atoms with E-state index >= 15 is 0 Å². The Hall–Kier alpha value is -2.21. The summed E-state index contributed by atoms with van der Waals surface area (Å²) in [6.45, 7) is -0.186. The molecule has 116 valence electrons. The summed E-state index contributed by atoms with van der Waals surface area (Å²) >= 11 is 0. The van der Waals surface area contributed by atoms with E-state index < -0.39 is 11.5 Å². The van der Waals surface area contributed by atoms with Crippen molar-refractivity contribution in [3.8, 4) is 0 Å². The Morgan fingerprint density at radius 1 is 1.18 bits per heavy atom. The van der Waals surface area contributed by atoms with E-state index in [9.17, 15) is 19.5 Å². The molecule has 2 N–H and O–H groups in total. The van der Waals surface area contributed by atoms with Crippen molar-refractivity contribution in [1.29, 1.82) is 0 Å². The predicted molar refractivity (Wildman–Crippen MR) is 77.6 cm³/mol. The molecule has 6 nitrogen and oxygen atoms in total. The second-order valence-electron chi connectivity index (χ2n) is 5.84. The molecule has 0 unspecified atom stereocenters. The van der Waals surface area contributed by atoms with Gasteiger partial charge in [0, 0.05) is 12.8 Å². The Kier molecular flexibility index (Phi) is 3.70. The van der Waals surface area contributed by atoms with Crippen LogP contribution in [0.2, 0.25) is 0 Å². The highest BCUT2D eigenvalue weighted by Gasteiger charge is 2.37. The molecule has 1 atom stereocenters. The molecular weight excluding hydrogens is 284 g/mol. The van der Waals surface area contributed by atoms with E-state index in [0.29, 0.717) is 6.42 Å². The first-order chi connectivity index (χ1) is 10.5. The van der Waals surface area contributed by atoms with Crippen LogP contribution in [0.5, 0.6) is 0 Å². The van der Waals surface area contributed by atoms with E-state index in [4.69, 9.17) is 0 Å². The van der Waals surface area contributed by atoms with Gasteiger partial charge in [0.1, 0.15) is 12.1 Å². The van der Waals surface area contributed by atoms with Crippen molar-refractivity contribution in [3.05, 3.63) is 35.4 Å². The molecule has 1 aliphatic carbocycles. The van der Waals surface area contributed by atoms with Crippen LogP contribution in [0.4, 0.5) is 0 Å². The van der Waals surface area contributed by atoms with Gasteiger partial charge in [-0.05, 0) is 24.0 Å². The lowest BCUT2D eigenvalue weighted by Gasteiger charge is -2.25. The molecule has 0 saturated carbocycles. The fourth-order valence-corrected chi connectivity index (χ4v) is 3.10. The number of aliphatic hydroxyl groups is 1. The summed E-state index contributed by atoms with van der Waals surface area (Å²) in [6.07, 6.45) is 1.66. The molecule has 1 aromatic carbocycles. The minimum atomic E-state index is -1.08. The first-order valence-corrected chi connectivity index (χ1v) is 7.40. The van der Waals surface area contributed by atoms with E-state index in [1.807, 2.05) is 24.3 Å². The number of carbonyl (C=O) groups is 3. The van der Waals surface area contributed by atoms with Gasteiger partial charge in [-0.2, -0.15) is 0 Å². The zero-order valence-corrected chi connectivity index (χ0v) is 12.2. The molecule has 0 spiro atoms. The van der Waals surface area contributed by atoms with Crippen LogP contribution in [-0.2, 0) is 26.4 Å². The van der Waals surface area contributed by atoms with Gasteiger partial charge in [0.15, 0.2) is 0 Å². The van der Waals surface area contributed by atoms with Crippen molar-refractivity contribution in [2.45, 2.75) is 31.3 Å². The Morgan fingerprint density at radius 3 is 2.59 bits per heavy atom. The highest BCUT2D eigenvalue weighted by Crippen LogP contribution is 2.36. The summed E-state index contributed by atoms with van der Waals surface area (Å²) in [7, 11) is 0. The van der Waals surface area contributed by atoms with Crippen molar-refractivity contribution in [2.75, 3.05) is 13.1 Å². The highest BCUT2D eigenvalue weighted by molar-refractivity contribution is 6.04. The van der Waals surface area contributed by atoms with Crippen molar-refractivity contribution in [2.24, 2.45) is 0 Å². The molecule has 0 radical (unpaired) electrons. The molecule has 2 aliphatic rings. The molecular formula is C16H18N2O4. The maximum atomic E-state index is 11.9. The summed E-state index contributed by atoms with van der Waals surface area (Å²) in [5.74, 6) is -1.06. The van der Waals surface area contributed by atoms with E-state index in [1.54, 1.807) is 0 Å². The number of rotatable bonds is 4. The van der Waals surface area contributed by atoms with Gasteiger partial charge >= 0.3 is 0 Å². The van der Waals surface area contributed by atoms with E-state index in [-0.39, 0.29) is 37.7 Å². The van der Waals surface area contributed by atoms with E-state index in [2.05, 4.69) is 5.32 Å². The fourth-order valence-electron chi connectivity index (χ4n) is 3.10. The Morgan fingerprint density at radius 2 is 1.86 bits per heavy atom. The highest BCUT2D eigenvalue weighted by atomic mass is 16.3. The lowest BCUT2D eigenvalue weighted by molar-refractivity contribution is -0.142. The first-order valence-electron chi connectivity index (χ1n) is 7.40. The third kappa shape index (κ3) is 2.62. The van der Waals surface area contributed by atoms with Crippen LogP contribution in [0.3, 0.4) is 0 Å². The topological polar surface area (TPSA) is 86.7 Å². The molecule has 6 heteroatoms. The Labute approximate surface area is 128 Å². The van der Waals surface area contributed by atoms with Crippen LogP contribution < -0.4 is 5.32 Å². The van der Waals surface area contributed by atoms with Gasteiger partial charge in [-0.25, -0.2) is 0 Å². The standard InChI is InChI=1S/C16H18N2O4/c19-13(9-18-14(20)5-6-15(18)21)17-10-16(22)8-7-11-3-1-2-4-12(11)16/h1-4,22H,5-10H2,(H,17,19)/t16-/m1/s1. The third-order valence-corrected chi connectivity index (χ3v) is 4.36. The SMILES string of the molecule is O=C(CN1C(=O)CCC1=O)NC[C@]1(O)CCc2ccccc21. The Balaban J connectivity index is 1.60. The second kappa shape index (κ2) is 5.53. The van der Waals surface area contributed by atoms with Crippen LogP contribution >= 0.6 is 0 Å². The van der Waals surface area contributed by atoms with Crippen LogP contribution in [-0.4, -0.2) is 40.8 Å². The summed E-state index contributed by atoms with van der Waals surface area (Å²) in [6, 6.07) is 7.62. The smallest absolute Gasteiger partial charge is 0.240 e. The normalized spacial score (nSPS) is 23.8. The van der Waals surface area contributed by atoms with E-state index in [0.717, 1.165) is 22.4 Å². The average molecular weight is 302 g/mol. The van der Waals surface area contributed by atoms with Gasteiger partial charge < -0.3 is 10.4 Å². The molecule has 1 fully saturated rings. The lowest BCUT2D eigenvalue weighted by Crippen LogP contribution is -2.45. The summed E-state index contributed by atoms with van der Waals surface area (Å²) in [5, 5.41) is 13.3. The van der Waals surface area contributed by atoms with Gasteiger partial charge in [0.05, 0.1) is 6.54 Å². The molecule has 3 rings (SSSR count). The molecule has 1 aliphatic heterocycles. The molecule has 1 heterocycles. The second-order valence-corrected chi connectivity index (χ2v) is 5.84.